The number of hydrogen-bond donors (Lipinski definition) is 0. The van der Waals surface area contributed by atoms with E-state index in [1.54, 1.807) is 0 Å². The minimum atomic E-state index is 0.887. The Morgan fingerprint density at radius 2 is 1.79 bits per heavy atom. The Kier molecular flexibility index (Phi) is 4.06. The third kappa shape index (κ3) is 2.65. The van der Waals surface area contributed by atoms with Gasteiger partial charge < -0.3 is 0 Å². The Bertz CT molecular complexity index is 349. The molecule has 0 aromatic rings. The van der Waals surface area contributed by atoms with Crippen LogP contribution >= 0.6 is 0 Å². The molecule has 0 bridgehead atoms. The molecule has 3 unspecified atom stereocenters. The summed E-state index contributed by atoms with van der Waals surface area (Å²) in [7, 11) is 0. The zero-order valence-corrected chi connectivity index (χ0v) is 13.3. The van der Waals surface area contributed by atoms with Gasteiger partial charge in [0.1, 0.15) is 0 Å². The van der Waals surface area contributed by atoms with Crippen LogP contribution in [0.1, 0.15) is 78.6 Å². The summed E-state index contributed by atoms with van der Waals surface area (Å²) in [5, 5.41) is 0. The molecule has 0 amide bonds. The Morgan fingerprint density at radius 1 is 0.947 bits per heavy atom. The monoisotopic (exact) mass is 260 g/mol. The first-order valence-electron chi connectivity index (χ1n) is 8.87. The Balaban J connectivity index is 1.83. The summed E-state index contributed by atoms with van der Waals surface area (Å²) in [6, 6.07) is 0. The van der Waals surface area contributed by atoms with Crippen LogP contribution in [0.4, 0.5) is 0 Å². The van der Waals surface area contributed by atoms with Crippen LogP contribution in [0.2, 0.25) is 0 Å². The second-order valence-corrected chi connectivity index (χ2v) is 7.95. The molecule has 1 saturated carbocycles. The smallest absolute Gasteiger partial charge is 0.0170 e. The molecular weight excluding hydrogens is 228 g/mol. The van der Waals surface area contributed by atoms with E-state index in [2.05, 4.69) is 20.8 Å². The van der Waals surface area contributed by atoms with Crippen LogP contribution in [-0.2, 0) is 0 Å². The fourth-order valence-electron chi connectivity index (χ4n) is 5.30. The van der Waals surface area contributed by atoms with E-state index in [0.717, 1.165) is 29.6 Å². The SMILES string of the molecule is CC(C)C1CCC2=C(CCCC3C2CCC[C@@H]3C)C1. The quantitative estimate of drug-likeness (QED) is 0.509. The van der Waals surface area contributed by atoms with Crippen LogP contribution < -0.4 is 0 Å². The normalized spacial score (nSPS) is 39.8. The maximum absolute atomic E-state index is 2.53. The largest absolute Gasteiger partial charge is 0.0704 e. The zero-order chi connectivity index (χ0) is 13.4. The van der Waals surface area contributed by atoms with Gasteiger partial charge in [-0.2, -0.15) is 0 Å². The number of allylic oxidation sites excluding steroid dienone is 2. The van der Waals surface area contributed by atoms with Gasteiger partial charge in [0, 0.05) is 0 Å². The van der Waals surface area contributed by atoms with Crippen molar-refractivity contribution in [1.29, 1.82) is 0 Å². The second kappa shape index (κ2) is 5.62. The van der Waals surface area contributed by atoms with Gasteiger partial charge in [0.25, 0.3) is 0 Å². The van der Waals surface area contributed by atoms with E-state index >= 15 is 0 Å². The zero-order valence-electron chi connectivity index (χ0n) is 13.3. The van der Waals surface area contributed by atoms with E-state index in [9.17, 15) is 0 Å². The van der Waals surface area contributed by atoms with Crippen molar-refractivity contribution in [3.05, 3.63) is 11.1 Å². The first-order chi connectivity index (χ1) is 9.16. The first kappa shape index (κ1) is 13.7. The fourth-order valence-corrected chi connectivity index (χ4v) is 5.30. The molecule has 0 heterocycles. The highest BCUT2D eigenvalue weighted by Gasteiger charge is 2.37. The van der Waals surface area contributed by atoms with Crippen LogP contribution in [-0.4, -0.2) is 0 Å². The highest BCUT2D eigenvalue weighted by molar-refractivity contribution is 5.24. The van der Waals surface area contributed by atoms with Crippen molar-refractivity contribution in [2.75, 3.05) is 0 Å². The number of fused-ring (bicyclic) bond motifs is 2. The van der Waals surface area contributed by atoms with E-state index in [1.807, 2.05) is 11.1 Å². The van der Waals surface area contributed by atoms with Crippen molar-refractivity contribution in [3.8, 4) is 0 Å². The molecule has 0 saturated heterocycles. The van der Waals surface area contributed by atoms with Gasteiger partial charge in [-0.3, -0.25) is 0 Å². The Hall–Kier alpha value is -0.260. The van der Waals surface area contributed by atoms with Gasteiger partial charge in [-0.15, -0.1) is 0 Å². The number of rotatable bonds is 1. The van der Waals surface area contributed by atoms with Crippen molar-refractivity contribution >= 4 is 0 Å². The van der Waals surface area contributed by atoms with Crippen molar-refractivity contribution in [2.24, 2.45) is 29.6 Å². The molecule has 4 atom stereocenters. The van der Waals surface area contributed by atoms with E-state index < -0.39 is 0 Å². The van der Waals surface area contributed by atoms with Crippen LogP contribution in [0.5, 0.6) is 0 Å². The third-order valence-electron chi connectivity index (χ3n) is 6.58. The topological polar surface area (TPSA) is 0 Å². The Morgan fingerprint density at radius 3 is 2.58 bits per heavy atom. The lowest BCUT2D eigenvalue weighted by molar-refractivity contribution is 0.175. The summed E-state index contributed by atoms with van der Waals surface area (Å²) >= 11 is 0. The maximum Gasteiger partial charge on any atom is -0.0170 e. The molecule has 0 aliphatic heterocycles. The van der Waals surface area contributed by atoms with Crippen molar-refractivity contribution in [2.45, 2.75) is 78.6 Å². The molecule has 0 heteroatoms. The van der Waals surface area contributed by atoms with Crippen molar-refractivity contribution < 1.29 is 0 Å². The van der Waals surface area contributed by atoms with Gasteiger partial charge in [0.15, 0.2) is 0 Å². The highest BCUT2D eigenvalue weighted by Crippen LogP contribution is 2.50. The van der Waals surface area contributed by atoms with Crippen molar-refractivity contribution in [1.82, 2.24) is 0 Å². The molecule has 0 N–H and O–H groups in total. The highest BCUT2D eigenvalue weighted by atomic mass is 14.4. The van der Waals surface area contributed by atoms with E-state index in [-0.39, 0.29) is 0 Å². The fraction of sp³-hybridized carbons (Fsp3) is 0.895. The lowest BCUT2D eigenvalue weighted by atomic mass is 9.66. The van der Waals surface area contributed by atoms with Gasteiger partial charge in [-0.1, -0.05) is 44.8 Å². The molecule has 0 radical (unpaired) electrons. The van der Waals surface area contributed by atoms with Gasteiger partial charge in [0.2, 0.25) is 0 Å². The van der Waals surface area contributed by atoms with Crippen LogP contribution in [0.15, 0.2) is 11.1 Å². The molecule has 3 aliphatic carbocycles. The van der Waals surface area contributed by atoms with Gasteiger partial charge in [0.05, 0.1) is 0 Å². The average Bonchev–Trinajstić information content (AvgIpc) is 2.58. The summed E-state index contributed by atoms with van der Waals surface area (Å²) in [6.45, 7) is 7.39. The first-order valence-corrected chi connectivity index (χ1v) is 8.87. The minimum absolute atomic E-state index is 0.887. The molecule has 3 aliphatic rings. The molecule has 0 aromatic carbocycles. The molecule has 0 nitrogen and oxygen atoms in total. The minimum Gasteiger partial charge on any atom is -0.0704 e. The summed E-state index contributed by atoms with van der Waals surface area (Å²) in [4.78, 5) is 0. The van der Waals surface area contributed by atoms with Crippen LogP contribution in [0, 0.1) is 29.6 Å². The third-order valence-corrected chi connectivity index (χ3v) is 6.58. The second-order valence-electron chi connectivity index (χ2n) is 7.95. The predicted molar refractivity (Wildman–Crippen MR) is 83.1 cm³/mol. The average molecular weight is 260 g/mol. The molecule has 0 aromatic heterocycles. The Labute approximate surface area is 120 Å². The van der Waals surface area contributed by atoms with Gasteiger partial charge in [-0.25, -0.2) is 0 Å². The predicted octanol–water partition coefficient (Wildman–Crippen LogP) is 5.98. The lowest BCUT2D eigenvalue weighted by Crippen LogP contribution is -2.29. The molecule has 1 fully saturated rings. The summed E-state index contributed by atoms with van der Waals surface area (Å²) in [6.07, 6.45) is 13.3. The van der Waals surface area contributed by atoms with Crippen LogP contribution in [0.25, 0.3) is 0 Å². The number of hydrogen-bond acceptors (Lipinski definition) is 0. The van der Waals surface area contributed by atoms with E-state index in [0.29, 0.717) is 0 Å². The van der Waals surface area contributed by atoms with Gasteiger partial charge in [-0.05, 0) is 74.5 Å². The van der Waals surface area contributed by atoms with E-state index in [4.69, 9.17) is 0 Å². The van der Waals surface area contributed by atoms with Crippen LogP contribution in [0.3, 0.4) is 0 Å². The molecule has 19 heavy (non-hydrogen) atoms. The molecule has 3 rings (SSSR count). The van der Waals surface area contributed by atoms with E-state index in [1.165, 1.54) is 57.8 Å². The van der Waals surface area contributed by atoms with Gasteiger partial charge >= 0.3 is 0 Å². The standard InChI is InChI=1S/C19H32/c1-13(2)15-10-11-18-16(12-15)7-5-8-17-14(3)6-4-9-19(17)18/h13-15,17,19H,4-12H2,1-3H3/t14-,15?,17?,19?/m0/s1. The lowest BCUT2D eigenvalue weighted by Gasteiger charge is -2.40. The van der Waals surface area contributed by atoms with Crippen molar-refractivity contribution in [3.63, 3.8) is 0 Å². The molecular formula is C19H32. The molecule has 108 valence electrons. The summed E-state index contributed by atoms with van der Waals surface area (Å²) < 4.78 is 0. The maximum atomic E-state index is 2.53. The molecule has 0 spiro atoms. The summed E-state index contributed by atoms with van der Waals surface area (Å²) in [5.74, 6) is 4.90. The summed E-state index contributed by atoms with van der Waals surface area (Å²) in [5.41, 5.74) is 3.89.